The van der Waals surface area contributed by atoms with E-state index >= 15 is 0 Å². The zero-order chi connectivity index (χ0) is 9.97. The minimum Gasteiger partial charge on any atom is -0.481 e. The highest BCUT2D eigenvalue weighted by atomic mass is 32.1. The van der Waals surface area contributed by atoms with Gasteiger partial charge in [0.2, 0.25) is 0 Å². The Morgan fingerprint density at radius 2 is 2.43 bits per heavy atom. The van der Waals surface area contributed by atoms with Gasteiger partial charge in [-0.05, 0) is 28.8 Å². The smallest absolute Gasteiger partial charge is 0.309 e. The van der Waals surface area contributed by atoms with Crippen LogP contribution in [0.5, 0.6) is 0 Å². The molecule has 0 spiro atoms. The van der Waals surface area contributed by atoms with E-state index in [-0.39, 0.29) is 5.92 Å². The maximum Gasteiger partial charge on any atom is 0.309 e. The molecule has 1 aromatic heterocycles. The van der Waals surface area contributed by atoms with Crippen molar-refractivity contribution in [2.75, 3.05) is 19.6 Å². The van der Waals surface area contributed by atoms with Gasteiger partial charge in [0.25, 0.3) is 0 Å². The molecule has 1 fully saturated rings. The largest absolute Gasteiger partial charge is 0.481 e. The fourth-order valence-corrected chi connectivity index (χ4v) is 2.33. The summed E-state index contributed by atoms with van der Waals surface area (Å²) in [7, 11) is 0. The van der Waals surface area contributed by atoms with Crippen LogP contribution < -0.4 is 0 Å². The highest BCUT2D eigenvalue weighted by Gasteiger charge is 2.31. The molecule has 0 aliphatic carbocycles. The van der Waals surface area contributed by atoms with E-state index in [2.05, 4.69) is 21.7 Å². The number of carbonyl (C=O) groups is 1. The quantitative estimate of drug-likeness (QED) is 0.816. The van der Waals surface area contributed by atoms with Crippen molar-refractivity contribution in [1.29, 1.82) is 0 Å². The summed E-state index contributed by atoms with van der Waals surface area (Å²) in [5, 5.41) is 12.9. The molecular formula is C10H13NO2S. The molecular weight excluding hydrogens is 198 g/mol. The van der Waals surface area contributed by atoms with Crippen LogP contribution in [0.15, 0.2) is 16.8 Å². The van der Waals surface area contributed by atoms with Crippen LogP contribution in [0.2, 0.25) is 0 Å². The Bertz CT molecular complexity index is 304. The molecule has 1 aromatic rings. The van der Waals surface area contributed by atoms with Gasteiger partial charge in [-0.1, -0.05) is 0 Å². The van der Waals surface area contributed by atoms with Gasteiger partial charge in [-0.2, -0.15) is 11.3 Å². The highest BCUT2D eigenvalue weighted by Crippen LogP contribution is 2.16. The van der Waals surface area contributed by atoms with Gasteiger partial charge >= 0.3 is 5.97 Å². The number of aliphatic carboxylic acids is 1. The Kier molecular flexibility index (Phi) is 2.84. The summed E-state index contributed by atoms with van der Waals surface area (Å²) < 4.78 is 0. The van der Waals surface area contributed by atoms with Crippen LogP contribution in [0, 0.1) is 5.92 Å². The lowest BCUT2D eigenvalue weighted by atomic mass is 10.00. The summed E-state index contributed by atoms with van der Waals surface area (Å²) in [4.78, 5) is 12.7. The number of hydrogen-bond acceptors (Lipinski definition) is 3. The van der Waals surface area contributed by atoms with Gasteiger partial charge in [0.1, 0.15) is 0 Å². The van der Waals surface area contributed by atoms with Crippen LogP contribution in [0.3, 0.4) is 0 Å². The summed E-state index contributed by atoms with van der Waals surface area (Å²) in [6, 6.07) is 2.12. The van der Waals surface area contributed by atoms with E-state index in [1.54, 1.807) is 11.3 Å². The molecule has 0 unspecified atom stereocenters. The predicted molar refractivity (Wildman–Crippen MR) is 55.6 cm³/mol. The van der Waals surface area contributed by atoms with Crippen LogP contribution in [0.25, 0.3) is 0 Å². The average molecular weight is 211 g/mol. The van der Waals surface area contributed by atoms with E-state index in [4.69, 9.17) is 5.11 Å². The standard InChI is InChI=1S/C10H13NO2S/c12-10(13)9-5-11(6-9)3-1-8-2-4-14-7-8/h2,4,7,9H,1,3,5-6H2,(H,12,13). The monoisotopic (exact) mass is 211 g/mol. The third-order valence-corrected chi connectivity index (χ3v) is 3.34. The number of likely N-dealkylation sites (tertiary alicyclic amines) is 1. The van der Waals surface area contributed by atoms with Gasteiger partial charge in [0, 0.05) is 19.6 Å². The van der Waals surface area contributed by atoms with Gasteiger partial charge in [-0.25, -0.2) is 0 Å². The second-order valence-corrected chi connectivity index (χ2v) is 4.46. The minimum absolute atomic E-state index is 0.127. The normalized spacial score (nSPS) is 18.0. The zero-order valence-corrected chi connectivity index (χ0v) is 8.67. The minimum atomic E-state index is -0.656. The first kappa shape index (κ1) is 9.68. The van der Waals surface area contributed by atoms with E-state index in [1.807, 2.05) is 0 Å². The lowest BCUT2D eigenvalue weighted by Crippen LogP contribution is -2.50. The van der Waals surface area contributed by atoms with Gasteiger partial charge in [0.15, 0.2) is 0 Å². The van der Waals surface area contributed by atoms with E-state index in [9.17, 15) is 4.79 Å². The van der Waals surface area contributed by atoms with Gasteiger partial charge < -0.3 is 10.0 Å². The lowest BCUT2D eigenvalue weighted by Gasteiger charge is -2.36. The second kappa shape index (κ2) is 4.11. The SMILES string of the molecule is O=C(O)C1CN(CCc2ccsc2)C1. The second-order valence-electron chi connectivity index (χ2n) is 3.68. The molecule has 1 N–H and O–H groups in total. The highest BCUT2D eigenvalue weighted by molar-refractivity contribution is 7.07. The van der Waals surface area contributed by atoms with Crippen molar-refractivity contribution in [2.24, 2.45) is 5.92 Å². The van der Waals surface area contributed by atoms with Crippen molar-refractivity contribution in [3.8, 4) is 0 Å². The molecule has 0 aromatic carbocycles. The summed E-state index contributed by atoms with van der Waals surface area (Å²) in [5.74, 6) is -0.783. The van der Waals surface area contributed by atoms with Gasteiger partial charge in [-0.3, -0.25) is 4.79 Å². The molecule has 2 heterocycles. The van der Waals surface area contributed by atoms with Crippen molar-refractivity contribution in [1.82, 2.24) is 4.90 Å². The summed E-state index contributed by atoms with van der Waals surface area (Å²) in [6.45, 7) is 2.43. The third-order valence-electron chi connectivity index (χ3n) is 2.60. The molecule has 76 valence electrons. The van der Waals surface area contributed by atoms with E-state index in [0.29, 0.717) is 0 Å². The number of carboxylic acids is 1. The molecule has 0 atom stereocenters. The molecule has 0 bridgehead atoms. The molecule has 0 radical (unpaired) electrons. The number of thiophene rings is 1. The van der Waals surface area contributed by atoms with Crippen molar-refractivity contribution in [3.63, 3.8) is 0 Å². The molecule has 0 saturated carbocycles. The molecule has 1 aliphatic heterocycles. The Morgan fingerprint density at radius 1 is 1.64 bits per heavy atom. The maximum atomic E-state index is 10.5. The number of nitrogens with zero attached hydrogens (tertiary/aromatic N) is 1. The molecule has 3 nitrogen and oxygen atoms in total. The van der Waals surface area contributed by atoms with Crippen molar-refractivity contribution >= 4 is 17.3 Å². The number of carboxylic acid groups (broad SMARTS) is 1. The third kappa shape index (κ3) is 2.13. The fourth-order valence-electron chi connectivity index (χ4n) is 1.63. The Balaban J connectivity index is 1.68. The molecule has 1 saturated heterocycles. The van der Waals surface area contributed by atoms with Gasteiger partial charge in [0.05, 0.1) is 5.92 Å². The molecule has 2 rings (SSSR count). The first-order valence-electron chi connectivity index (χ1n) is 4.72. The van der Waals surface area contributed by atoms with E-state index < -0.39 is 5.97 Å². The van der Waals surface area contributed by atoms with Crippen LogP contribution >= 0.6 is 11.3 Å². The van der Waals surface area contributed by atoms with Crippen LogP contribution in [-0.2, 0) is 11.2 Å². The Morgan fingerprint density at radius 3 is 3.00 bits per heavy atom. The Labute approximate surface area is 87.0 Å². The van der Waals surface area contributed by atoms with Crippen LogP contribution in [0.4, 0.5) is 0 Å². The summed E-state index contributed by atoms with van der Waals surface area (Å²) in [6.07, 6.45) is 1.04. The molecule has 0 amide bonds. The molecule has 14 heavy (non-hydrogen) atoms. The topological polar surface area (TPSA) is 40.5 Å². The Hall–Kier alpha value is -0.870. The van der Waals surface area contributed by atoms with E-state index in [1.165, 1.54) is 5.56 Å². The average Bonchev–Trinajstić information content (AvgIpc) is 2.52. The lowest BCUT2D eigenvalue weighted by molar-refractivity contribution is -0.147. The summed E-state index contributed by atoms with van der Waals surface area (Å²) in [5.41, 5.74) is 1.36. The predicted octanol–water partition coefficient (Wildman–Crippen LogP) is 1.31. The number of rotatable bonds is 4. The molecule has 1 aliphatic rings. The zero-order valence-electron chi connectivity index (χ0n) is 7.85. The molecule has 4 heteroatoms. The first-order valence-corrected chi connectivity index (χ1v) is 5.66. The first-order chi connectivity index (χ1) is 6.75. The fraction of sp³-hybridized carbons (Fsp3) is 0.500. The van der Waals surface area contributed by atoms with Gasteiger partial charge in [-0.15, -0.1) is 0 Å². The van der Waals surface area contributed by atoms with Crippen molar-refractivity contribution in [2.45, 2.75) is 6.42 Å². The summed E-state index contributed by atoms with van der Waals surface area (Å²) >= 11 is 1.71. The van der Waals surface area contributed by atoms with Crippen LogP contribution in [0.1, 0.15) is 5.56 Å². The van der Waals surface area contributed by atoms with Crippen molar-refractivity contribution < 1.29 is 9.90 Å². The maximum absolute atomic E-state index is 10.5. The van der Waals surface area contributed by atoms with Crippen molar-refractivity contribution in [3.05, 3.63) is 22.4 Å². The number of hydrogen-bond donors (Lipinski definition) is 1. The van der Waals surface area contributed by atoms with E-state index in [0.717, 1.165) is 26.1 Å². The van der Waals surface area contributed by atoms with Crippen LogP contribution in [-0.4, -0.2) is 35.6 Å².